The lowest BCUT2D eigenvalue weighted by Crippen LogP contribution is -2.51. The van der Waals surface area contributed by atoms with Crippen molar-refractivity contribution >= 4 is 40.4 Å². The molecule has 0 aliphatic carbocycles. The normalized spacial score (nSPS) is 17.9. The summed E-state index contributed by atoms with van der Waals surface area (Å²) < 4.78 is 6.24. The van der Waals surface area contributed by atoms with E-state index in [0.717, 1.165) is 15.6 Å². The molecule has 1 aliphatic heterocycles. The number of carbonyl (C=O) groups is 1. The van der Waals surface area contributed by atoms with E-state index in [1.54, 1.807) is 25.5 Å². The highest BCUT2D eigenvalue weighted by molar-refractivity contribution is 14.1. The monoisotopic (exact) mass is 519 g/mol. The number of hydrazone groups is 1. The molecule has 3 rings (SSSR count). The van der Waals surface area contributed by atoms with Crippen LogP contribution in [0.15, 0.2) is 41.5 Å². The van der Waals surface area contributed by atoms with Gasteiger partial charge < -0.3 is 9.64 Å². The summed E-state index contributed by atoms with van der Waals surface area (Å²) in [6.45, 7) is 11.4. The number of anilines is 1. The van der Waals surface area contributed by atoms with Crippen molar-refractivity contribution in [1.29, 1.82) is 0 Å². The van der Waals surface area contributed by atoms with E-state index in [1.165, 1.54) is 11.3 Å². The van der Waals surface area contributed by atoms with Gasteiger partial charge in [0.2, 0.25) is 0 Å². The van der Waals surface area contributed by atoms with Crippen LogP contribution in [0, 0.1) is 3.57 Å². The molecule has 6 heteroatoms. The van der Waals surface area contributed by atoms with Crippen LogP contribution in [-0.2, 0) is 0 Å². The lowest BCUT2D eigenvalue weighted by molar-refractivity contribution is 0.0954. The first-order valence-corrected chi connectivity index (χ1v) is 11.3. The average Bonchev–Trinajstić information content (AvgIpc) is 2.67. The number of rotatable bonds is 5. The maximum absolute atomic E-state index is 12.4. The van der Waals surface area contributed by atoms with Gasteiger partial charge in [0.05, 0.1) is 16.9 Å². The maximum atomic E-state index is 12.4. The van der Waals surface area contributed by atoms with Crippen LogP contribution in [0.1, 0.15) is 68.4 Å². The fraction of sp³-hybridized carbons (Fsp3) is 0.417. The Hall–Kier alpha value is -2.09. The highest BCUT2D eigenvalue weighted by Gasteiger charge is 2.37. The molecule has 1 N–H and O–H groups in total. The number of nitrogens with zero attached hydrogens (tertiary/aromatic N) is 2. The average molecular weight is 519 g/mol. The van der Waals surface area contributed by atoms with Gasteiger partial charge in [-0.05, 0) is 104 Å². The van der Waals surface area contributed by atoms with Crippen molar-refractivity contribution in [3.05, 3.63) is 56.7 Å². The van der Waals surface area contributed by atoms with E-state index in [0.29, 0.717) is 23.3 Å². The molecular formula is C24H30IN3O2. The molecular weight excluding hydrogens is 489 g/mol. The third-order valence-electron chi connectivity index (χ3n) is 5.61. The summed E-state index contributed by atoms with van der Waals surface area (Å²) in [7, 11) is 1.59. The Bertz CT molecular complexity index is 969. The first-order chi connectivity index (χ1) is 14.1. The van der Waals surface area contributed by atoms with Crippen molar-refractivity contribution in [2.24, 2.45) is 5.10 Å². The molecule has 0 aromatic heterocycles. The van der Waals surface area contributed by atoms with Crippen LogP contribution in [0.25, 0.3) is 0 Å². The molecule has 160 valence electrons. The van der Waals surface area contributed by atoms with E-state index in [1.807, 2.05) is 6.07 Å². The Morgan fingerprint density at radius 2 is 2.03 bits per heavy atom. The number of amides is 1. The maximum Gasteiger partial charge on any atom is 0.271 e. The summed E-state index contributed by atoms with van der Waals surface area (Å²) in [6, 6.07) is 12.2. The third-order valence-corrected chi connectivity index (χ3v) is 6.50. The van der Waals surface area contributed by atoms with Crippen LogP contribution < -0.4 is 15.1 Å². The van der Waals surface area contributed by atoms with Gasteiger partial charge in [-0.3, -0.25) is 4.79 Å². The van der Waals surface area contributed by atoms with Gasteiger partial charge in [0.1, 0.15) is 5.75 Å². The predicted molar refractivity (Wildman–Crippen MR) is 132 cm³/mol. The second-order valence-electron chi connectivity index (χ2n) is 8.75. The molecule has 1 atom stereocenters. The predicted octanol–water partition coefficient (Wildman–Crippen LogP) is 5.56. The molecule has 2 aromatic rings. The number of hydrogen-bond acceptors (Lipinski definition) is 4. The molecule has 5 nitrogen and oxygen atoms in total. The largest absolute Gasteiger partial charge is 0.496 e. The fourth-order valence-corrected chi connectivity index (χ4v) is 5.11. The van der Waals surface area contributed by atoms with Gasteiger partial charge in [-0.2, -0.15) is 5.10 Å². The quantitative estimate of drug-likeness (QED) is 0.320. The second-order valence-corrected chi connectivity index (χ2v) is 9.91. The topological polar surface area (TPSA) is 53.9 Å². The van der Waals surface area contributed by atoms with E-state index >= 15 is 0 Å². The van der Waals surface area contributed by atoms with E-state index in [4.69, 9.17) is 4.74 Å². The zero-order valence-corrected chi connectivity index (χ0v) is 20.6. The minimum atomic E-state index is -0.264. The Labute approximate surface area is 193 Å². The van der Waals surface area contributed by atoms with Gasteiger partial charge in [0.15, 0.2) is 0 Å². The summed E-state index contributed by atoms with van der Waals surface area (Å²) in [6.07, 6.45) is 2.80. The van der Waals surface area contributed by atoms with Crippen molar-refractivity contribution in [3.63, 3.8) is 0 Å². The van der Waals surface area contributed by atoms with Crippen LogP contribution in [0.4, 0.5) is 5.69 Å². The SMILES string of the molecule is COc1cc(C(=O)N/N=C\c2ccc3c(c2)C(C)CC(C)(C)N3C(C)C)ccc1I. The van der Waals surface area contributed by atoms with Crippen LogP contribution in [0.5, 0.6) is 5.75 Å². The minimum absolute atomic E-state index is 0.124. The Morgan fingerprint density at radius 1 is 1.30 bits per heavy atom. The number of nitrogens with one attached hydrogen (secondary N) is 1. The zero-order valence-electron chi connectivity index (χ0n) is 18.5. The number of halogens is 1. The number of benzene rings is 2. The van der Waals surface area contributed by atoms with Gasteiger partial charge in [-0.1, -0.05) is 13.0 Å². The molecule has 2 aromatic carbocycles. The third kappa shape index (κ3) is 4.63. The first-order valence-electron chi connectivity index (χ1n) is 10.2. The molecule has 0 saturated heterocycles. The lowest BCUT2D eigenvalue weighted by atomic mass is 9.79. The lowest BCUT2D eigenvalue weighted by Gasteiger charge is -2.50. The van der Waals surface area contributed by atoms with Crippen molar-refractivity contribution in [3.8, 4) is 5.75 Å². The second kappa shape index (κ2) is 8.96. The van der Waals surface area contributed by atoms with E-state index in [2.05, 4.69) is 90.8 Å². The van der Waals surface area contributed by atoms with Crippen molar-refractivity contribution in [2.75, 3.05) is 12.0 Å². The van der Waals surface area contributed by atoms with Gasteiger partial charge in [-0.25, -0.2) is 5.43 Å². The van der Waals surface area contributed by atoms with E-state index < -0.39 is 0 Å². The van der Waals surface area contributed by atoms with Crippen LogP contribution >= 0.6 is 22.6 Å². The Balaban J connectivity index is 1.78. The zero-order chi connectivity index (χ0) is 22.1. The summed E-state index contributed by atoms with van der Waals surface area (Å²) >= 11 is 2.17. The highest BCUT2D eigenvalue weighted by Crippen LogP contribution is 2.44. The highest BCUT2D eigenvalue weighted by atomic mass is 127. The van der Waals surface area contributed by atoms with Crippen LogP contribution in [0.2, 0.25) is 0 Å². The van der Waals surface area contributed by atoms with E-state index in [9.17, 15) is 4.79 Å². The number of fused-ring (bicyclic) bond motifs is 1. The van der Waals surface area contributed by atoms with Crippen molar-refractivity contribution in [2.45, 2.75) is 58.5 Å². The van der Waals surface area contributed by atoms with Gasteiger partial charge in [0.25, 0.3) is 5.91 Å². The molecule has 30 heavy (non-hydrogen) atoms. The molecule has 1 amide bonds. The molecule has 0 fully saturated rings. The number of ether oxygens (including phenoxy) is 1. The molecule has 0 bridgehead atoms. The van der Waals surface area contributed by atoms with Crippen molar-refractivity contribution < 1.29 is 9.53 Å². The molecule has 0 spiro atoms. The number of carbonyl (C=O) groups excluding carboxylic acids is 1. The summed E-state index contributed by atoms with van der Waals surface area (Å²) in [4.78, 5) is 14.9. The van der Waals surface area contributed by atoms with Gasteiger partial charge in [-0.15, -0.1) is 0 Å². The molecule has 1 heterocycles. The molecule has 0 radical (unpaired) electrons. The minimum Gasteiger partial charge on any atom is -0.496 e. The molecule has 0 saturated carbocycles. The summed E-state index contributed by atoms with van der Waals surface area (Å²) in [5, 5.41) is 4.17. The molecule has 1 aliphatic rings. The summed E-state index contributed by atoms with van der Waals surface area (Å²) in [5.74, 6) is 0.876. The van der Waals surface area contributed by atoms with Gasteiger partial charge in [0, 0.05) is 22.8 Å². The fourth-order valence-electron chi connectivity index (χ4n) is 4.56. The van der Waals surface area contributed by atoms with Crippen LogP contribution in [-0.4, -0.2) is 30.8 Å². The van der Waals surface area contributed by atoms with Crippen LogP contribution in [0.3, 0.4) is 0 Å². The van der Waals surface area contributed by atoms with Crippen molar-refractivity contribution in [1.82, 2.24) is 5.43 Å². The van der Waals surface area contributed by atoms with E-state index in [-0.39, 0.29) is 11.4 Å². The Kier molecular flexibility index (Phi) is 6.75. The Morgan fingerprint density at radius 3 is 2.70 bits per heavy atom. The number of hydrogen-bond donors (Lipinski definition) is 1. The summed E-state index contributed by atoms with van der Waals surface area (Å²) in [5.41, 5.74) is 6.85. The first kappa shape index (κ1) is 22.6. The number of methoxy groups -OCH3 is 1. The smallest absolute Gasteiger partial charge is 0.271 e. The van der Waals surface area contributed by atoms with Gasteiger partial charge >= 0.3 is 0 Å². The standard InChI is InChI=1S/C24H30IN3O2/c1-15(2)28-21-10-7-17(11-19(21)16(3)13-24(28,4)5)14-26-27-23(29)18-8-9-20(25)22(12-18)30-6/h7-12,14-16H,13H2,1-6H3,(H,27,29)/b26-14-. The molecule has 1 unspecified atom stereocenters.